The largest absolute Gasteiger partial charge is 0.492 e. The molecule has 1 N–H and O–H groups in total. The van der Waals surface area contributed by atoms with Gasteiger partial charge in [-0.05, 0) is 156 Å². The molecule has 2 aromatic heterocycles. The van der Waals surface area contributed by atoms with Crippen LogP contribution in [0, 0.1) is 0 Å². The molecule has 4 fully saturated rings. The van der Waals surface area contributed by atoms with Crippen LogP contribution < -0.4 is 19.7 Å². The van der Waals surface area contributed by atoms with Gasteiger partial charge in [0.2, 0.25) is 11.8 Å². The summed E-state index contributed by atoms with van der Waals surface area (Å²) in [5, 5.41) is 3.93. The molecular weight excluding hydrogens is 948 g/mol. The Kier molecular flexibility index (Phi) is 18.9. The maximum atomic E-state index is 12.1. The number of nitrogens with one attached hydrogen (secondary N) is 1. The second-order valence-electron chi connectivity index (χ2n) is 16.7. The zero-order valence-corrected chi connectivity index (χ0v) is 41.0. The van der Waals surface area contributed by atoms with Gasteiger partial charge in [-0.3, -0.25) is 19.4 Å². The Morgan fingerprint density at radius 2 is 1.08 bits per heavy atom. The number of halogens is 3. The van der Waals surface area contributed by atoms with Crippen LogP contribution in [0.5, 0.6) is 11.5 Å². The Hall–Kier alpha value is -3.79. The summed E-state index contributed by atoms with van der Waals surface area (Å²) in [6.07, 6.45) is 8.22. The summed E-state index contributed by atoms with van der Waals surface area (Å²) < 4.78 is 13.8. The van der Waals surface area contributed by atoms with Crippen LogP contribution in [0.3, 0.4) is 0 Å². The molecule has 4 aromatic rings. The summed E-state index contributed by atoms with van der Waals surface area (Å²) in [5.74, 6) is 4.52. The number of aromatic nitrogens is 2. The SMILES string of the molecule is C[C@@H]1C(=O)N(C)CCN1CCOc1ccc(C2CCN(c3ccc(Br)cn3)CC2)cc1.C[C@@H]1C(=O)N(C)CCN1CCOc1ccc(C2CCNCC2)cc1.Clc1ccc(Br)cn1. The van der Waals surface area contributed by atoms with Crippen molar-refractivity contribution in [1.82, 2.24) is 34.9 Å². The van der Waals surface area contributed by atoms with Crippen LogP contribution in [0.1, 0.15) is 62.5 Å². The number of piperazine rings is 2. The molecule has 8 rings (SSSR count). The highest BCUT2D eigenvalue weighted by molar-refractivity contribution is 9.10. The second-order valence-corrected chi connectivity index (χ2v) is 18.9. The number of likely N-dealkylation sites (N-methyl/N-ethyl adjacent to an activating group) is 2. The summed E-state index contributed by atoms with van der Waals surface area (Å²) in [4.78, 5) is 42.8. The quantitative estimate of drug-likeness (QED) is 0.149. The molecule has 4 saturated heterocycles. The molecule has 4 aliphatic heterocycles. The average Bonchev–Trinajstić information content (AvgIpc) is 3.31. The Morgan fingerprint density at radius 1 is 0.619 bits per heavy atom. The van der Waals surface area contributed by atoms with E-state index < -0.39 is 0 Å². The van der Waals surface area contributed by atoms with E-state index >= 15 is 0 Å². The number of amides is 2. The van der Waals surface area contributed by atoms with Crippen molar-refractivity contribution in [3.05, 3.63) is 110 Å². The van der Waals surface area contributed by atoms with E-state index in [1.807, 2.05) is 45.1 Å². The van der Waals surface area contributed by atoms with Crippen molar-refractivity contribution in [3.63, 3.8) is 0 Å². The number of carbonyl (C=O) groups excluding carboxylic acids is 2. The van der Waals surface area contributed by atoms with Gasteiger partial charge in [0.25, 0.3) is 0 Å². The van der Waals surface area contributed by atoms with Crippen molar-refractivity contribution >= 4 is 61.1 Å². The molecule has 0 saturated carbocycles. The summed E-state index contributed by atoms with van der Waals surface area (Å²) >= 11 is 12.2. The molecule has 63 heavy (non-hydrogen) atoms. The van der Waals surface area contributed by atoms with Gasteiger partial charge in [-0.1, -0.05) is 35.9 Å². The monoisotopic (exact) mass is 1010 g/mol. The van der Waals surface area contributed by atoms with Crippen molar-refractivity contribution in [2.24, 2.45) is 0 Å². The number of nitrogens with zero attached hydrogens (tertiary/aromatic N) is 7. The number of rotatable bonds is 11. The van der Waals surface area contributed by atoms with Crippen molar-refractivity contribution in [2.75, 3.05) is 97.7 Å². The zero-order chi connectivity index (χ0) is 44.7. The molecule has 340 valence electrons. The van der Waals surface area contributed by atoms with Gasteiger partial charge < -0.3 is 29.5 Å². The van der Waals surface area contributed by atoms with Crippen LogP contribution in [0.2, 0.25) is 5.15 Å². The topological polar surface area (TPSA) is 107 Å². The van der Waals surface area contributed by atoms with E-state index in [0.29, 0.717) is 30.2 Å². The number of hydrogen-bond acceptors (Lipinski definition) is 10. The van der Waals surface area contributed by atoms with Crippen LogP contribution in [0.4, 0.5) is 5.82 Å². The molecule has 0 bridgehead atoms. The molecule has 2 amide bonds. The van der Waals surface area contributed by atoms with Crippen molar-refractivity contribution in [3.8, 4) is 11.5 Å². The normalized spacial score (nSPS) is 20.4. The van der Waals surface area contributed by atoms with Crippen LogP contribution in [0.25, 0.3) is 0 Å². The number of ether oxygens (including phenoxy) is 2. The number of benzene rings is 2. The maximum Gasteiger partial charge on any atom is 0.239 e. The third-order valence-corrected chi connectivity index (χ3v) is 13.7. The fraction of sp³-hybridized carbons (Fsp3) is 0.500. The Bertz CT molecular complexity index is 1980. The van der Waals surface area contributed by atoms with Gasteiger partial charge in [-0.25, -0.2) is 9.97 Å². The molecule has 4 aliphatic rings. The Labute approximate surface area is 395 Å². The lowest BCUT2D eigenvalue weighted by atomic mass is 9.89. The number of anilines is 1. The minimum atomic E-state index is -0.0665. The smallest absolute Gasteiger partial charge is 0.239 e. The standard InChI is InChI=1S/C24H31BrN4O2.C19H29N3O2.C5H3BrClN/c1-18-24(30)27(2)13-14-28(18)15-16-31-22-6-3-19(4-7-22)20-9-11-29(12-10-20)23-8-5-21(25)17-26-23;1-15-19(23)21(2)11-12-22(15)13-14-24-18-5-3-16(4-6-18)17-7-9-20-10-8-17;6-4-1-2-5(7)8-3-4/h3-8,17-18,20H,9-16H2,1-2H3;3-6,15,17,20H,7-14H2,1-2H3;1-3H/t18-;15-;/m11./s1. The fourth-order valence-corrected chi connectivity index (χ4v) is 9.05. The van der Waals surface area contributed by atoms with E-state index in [1.165, 1.54) is 24.0 Å². The molecule has 6 heterocycles. The Balaban J connectivity index is 0.000000182. The van der Waals surface area contributed by atoms with Crippen molar-refractivity contribution in [1.29, 1.82) is 0 Å². The van der Waals surface area contributed by atoms with E-state index in [2.05, 4.69) is 123 Å². The molecule has 12 nitrogen and oxygen atoms in total. The second kappa shape index (κ2) is 24.5. The maximum absolute atomic E-state index is 12.1. The third kappa shape index (κ3) is 14.6. The first-order valence-corrected chi connectivity index (χ1v) is 24.2. The van der Waals surface area contributed by atoms with Gasteiger partial charge in [0, 0.05) is 87.8 Å². The van der Waals surface area contributed by atoms with Crippen LogP contribution in [0.15, 0.2) is 94.1 Å². The van der Waals surface area contributed by atoms with Gasteiger partial charge in [-0.2, -0.15) is 0 Å². The predicted octanol–water partition coefficient (Wildman–Crippen LogP) is 7.96. The lowest BCUT2D eigenvalue weighted by molar-refractivity contribution is -0.140. The molecular formula is C48H63Br2ClN8O4. The highest BCUT2D eigenvalue weighted by atomic mass is 79.9. The molecule has 0 unspecified atom stereocenters. The van der Waals surface area contributed by atoms with E-state index in [-0.39, 0.29) is 23.9 Å². The highest BCUT2D eigenvalue weighted by Crippen LogP contribution is 2.31. The molecule has 2 aromatic carbocycles. The number of hydrogen-bond donors (Lipinski definition) is 1. The first kappa shape index (κ1) is 48.7. The van der Waals surface area contributed by atoms with Crippen LogP contribution >= 0.6 is 43.5 Å². The van der Waals surface area contributed by atoms with Gasteiger partial charge in [0.1, 0.15) is 35.7 Å². The molecule has 15 heteroatoms. The molecule has 0 radical (unpaired) electrons. The van der Waals surface area contributed by atoms with Crippen LogP contribution in [-0.2, 0) is 9.59 Å². The van der Waals surface area contributed by atoms with Crippen LogP contribution in [-0.4, -0.2) is 146 Å². The number of carbonyl (C=O) groups is 2. The van der Waals surface area contributed by atoms with E-state index in [4.69, 9.17) is 21.1 Å². The zero-order valence-electron chi connectivity index (χ0n) is 37.1. The predicted molar refractivity (Wildman–Crippen MR) is 259 cm³/mol. The minimum absolute atomic E-state index is 0.0466. The lowest BCUT2D eigenvalue weighted by Gasteiger charge is -2.37. The van der Waals surface area contributed by atoms with Gasteiger partial charge >= 0.3 is 0 Å². The average molecular weight is 1010 g/mol. The number of piperidine rings is 2. The summed E-state index contributed by atoms with van der Waals surface area (Å²) in [7, 11) is 3.74. The lowest BCUT2D eigenvalue weighted by Crippen LogP contribution is -2.55. The fourth-order valence-electron chi connectivity index (χ4n) is 8.47. The Morgan fingerprint density at radius 3 is 1.51 bits per heavy atom. The van der Waals surface area contributed by atoms with E-state index in [0.717, 1.165) is 105 Å². The van der Waals surface area contributed by atoms with Crippen molar-refractivity contribution < 1.29 is 19.1 Å². The van der Waals surface area contributed by atoms with E-state index in [9.17, 15) is 9.59 Å². The molecule has 2 atom stereocenters. The summed E-state index contributed by atoms with van der Waals surface area (Å²) in [5.41, 5.74) is 2.80. The first-order chi connectivity index (χ1) is 30.4. The highest BCUT2D eigenvalue weighted by Gasteiger charge is 2.30. The van der Waals surface area contributed by atoms with Gasteiger partial charge in [0.15, 0.2) is 0 Å². The van der Waals surface area contributed by atoms with Crippen molar-refractivity contribution in [2.45, 2.75) is 63.5 Å². The van der Waals surface area contributed by atoms with E-state index in [1.54, 1.807) is 17.2 Å². The summed E-state index contributed by atoms with van der Waals surface area (Å²) in [6, 6.07) is 24.7. The summed E-state index contributed by atoms with van der Waals surface area (Å²) in [6.45, 7) is 14.4. The van der Waals surface area contributed by atoms with Gasteiger partial charge in [-0.15, -0.1) is 0 Å². The number of pyridine rings is 2. The third-order valence-electron chi connectivity index (χ3n) is 12.6. The minimum Gasteiger partial charge on any atom is -0.492 e. The molecule has 0 spiro atoms. The first-order valence-electron chi connectivity index (χ1n) is 22.2. The van der Waals surface area contributed by atoms with Gasteiger partial charge in [0.05, 0.1) is 12.1 Å². The molecule has 0 aliphatic carbocycles.